The fraction of sp³-hybridized carbons (Fsp3) is 0. The van der Waals surface area contributed by atoms with Crippen LogP contribution in [-0.2, 0) is 10.4 Å². The maximum absolute atomic E-state index is 8.74. The van der Waals surface area contributed by atoms with Crippen LogP contribution in [0.25, 0.3) is 22.3 Å². The minimum Gasteiger partial charge on any atom is -0.399 e. The standard InChI is InChI=1S/2C12H12N2.H2O4S/c2*13-11-5-1-9(2-6-11)10-3-7-12(14)8-4-10;1-5(2,3)4/h2*1-8H,13-14H2;(H2,1,2,3,4). The quantitative estimate of drug-likeness (QED) is 0.186. The van der Waals surface area contributed by atoms with Crippen molar-refractivity contribution >= 4 is 33.1 Å². The molecular formula is C24H26N4O4S. The van der Waals surface area contributed by atoms with E-state index >= 15 is 0 Å². The third-order valence-corrected chi connectivity index (χ3v) is 4.31. The largest absolute Gasteiger partial charge is 0.399 e. The molecule has 4 aromatic rings. The highest BCUT2D eigenvalue weighted by Gasteiger charge is 1.97. The Morgan fingerprint density at radius 3 is 0.636 bits per heavy atom. The molecule has 0 aliphatic heterocycles. The molecule has 0 aliphatic rings. The summed E-state index contributed by atoms with van der Waals surface area (Å²) in [7, 11) is -4.67. The lowest BCUT2D eigenvalue weighted by Crippen LogP contribution is -1.89. The van der Waals surface area contributed by atoms with Crippen LogP contribution in [0.1, 0.15) is 0 Å². The first kappa shape index (κ1) is 25.2. The molecule has 0 amide bonds. The number of hydrogen-bond acceptors (Lipinski definition) is 6. The van der Waals surface area contributed by atoms with Gasteiger partial charge in [0.25, 0.3) is 0 Å². The molecule has 0 fully saturated rings. The summed E-state index contributed by atoms with van der Waals surface area (Å²) in [4.78, 5) is 0. The molecule has 0 aromatic heterocycles. The topological polar surface area (TPSA) is 179 Å². The number of benzene rings is 4. The molecule has 0 aliphatic carbocycles. The Hall–Kier alpha value is -4.05. The Kier molecular flexibility index (Phi) is 8.81. The van der Waals surface area contributed by atoms with E-state index in [1.54, 1.807) is 0 Å². The van der Waals surface area contributed by atoms with E-state index in [1.807, 2.05) is 97.1 Å². The monoisotopic (exact) mass is 466 g/mol. The summed E-state index contributed by atoms with van der Waals surface area (Å²) >= 11 is 0. The molecule has 0 spiro atoms. The van der Waals surface area contributed by atoms with E-state index < -0.39 is 10.4 Å². The molecule has 4 rings (SSSR count). The summed E-state index contributed by atoms with van der Waals surface area (Å²) in [5.74, 6) is 0. The van der Waals surface area contributed by atoms with Gasteiger partial charge in [-0.1, -0.05) is 48.5 Å². The van der Waals surface area contributed by atoms with E-state index in [0.29, 0.717) is 0 Å². The highest BCUT2D eigenvalue weighted by Crippen LogP contribution is 2.22. The maximum Gasteiger partial charge on any atom is 0.394 e. The van der Waals surface area contributed by atoms with Crippen LogP contribution < -0.4 is 22.9 Å². The first-order chi connectivity index (χ1) is 15.5. The number of anilines is 4. The smallest absolute Gasteiger partial charge is 0.394 e. The molecule has 4 aromatic carbocycles. The SMILES string of the molecule is Nc1ccc(-c2ccc(N)cc2)cc1.Nc1ccc(-c2ccc(N)cc2)cc1.O=S(=O)(O)O. The Bertz CT molecular complexity index is 1060. The summed E-state index contributed by atoms with van der Waals surface area (Å²) in [6.45, 7) is 0. The summed E-state index contributed by atoms with van der Waals surface area (Å²) in [5, 5.41) is 0. The lowest BCUT2D eigenvalue weighted by molar-refractivity contribution is 0.381. The molecule has 33 heavy (non-hydrogen) atoms. The zero-order chi connectivity index (χ0) is 24.4. The van der Waals surface area contributed by atoms with E-state index in [9.17, 15) is 0 Å². The van der Waals surface area contributed by atoms with Crippen LogP contribution in [0.4, 0.5) is 22.7 Å². The fourth-order valence-corrected chi connectivity index (χ4v) is 2.70. The second-order valence-electron chi connectivity index (χ2n) is 6.94. The van der Waals surface area contributed by atoms with Crippen molar-refractivity contribution in [3.8, 4) is 22.3 Å². The number of rotatable bonds is 2. The van der Waals surface area contributed by atoms with Crippen molar-refractivity contribution < 1.29 is 17.5 Å². The molecule has 9 heteroatoms. The molecule has 0 atom stereocenters. The van der Waals surface area contributed by atoms with Crippen molar-refractivity contribution in [1.82, 2.24) is 0 Å². The third-order valence-electron chi connectivity index (χ3n) is 4.31. The molecular weight excluding hydrogens is 440 g/mol. The van der Waals surface area contributed by atoms with Crippen LogP contribution in [0, 0.1) is 0 Å². The fourth-order valence-electron chi connectivity index (χ4n) is 2.70. The summed E-state index contributed by atoms with van der Waals surface area (Å²) < 4.78 is 31.6. The van der Waals surface area contributed by atoms with Crippen molar-refractivity contribution in [2.75, 3.05) is 22.9 Å². The molecule has 0 saturated carbocycles. The highest BCUT2D eigenvalue weighted by atomic mass is 32.3. The van der Waals surface area contributed by atoms with Gasteiger partial charge in [0.15, 0.2) is 0 Å². The third kappa shape index (κ3) is 9.74. The van der Waals surface area contributed by atoms with Crippen LogP contribution in [0.2, 0.25) is 0 Å². The Morgan fingerprint density at radius 1 is 0.394 bits per heavy atom. The summed E-state index contributed by atoms with van der Waals surface area (Å²) in [6, 6.07) is 31.2. The predicted molar refractivity (Wildman–Crippen MR) is 136 cm³/mol. The highest BCUT2D eigenvalue weighted by molar-refractivity contribution is 7.79. The van der Waals surface area contributed by atoms with Gasteiger partial charge in [0.1, 0.15) is 0 Å². The van der Waals surface area contributed by atoms with E-state index in [1.165, 1.54) is 0 Å². The van der Waals surface area contributed by atoms with Crippen molar-refractivity contribution in [1.29, 1.82) is 0 Å². The average Bonchev–Trinajstić information content (AvgIpc) is 2.76. The van der Waals surface area contributed by atoms with E-state index in [-0.39, 0.29) is 0 Å². The molecule has 0 saturated heterocycles. The van der Waals surface area contributed by atoms with Crippen LogP contribution in [0.3, 0.4) is 0 Å². The Balaban J connectivity index is 0.000000195. The molecule has 172 valence electrons. The molecule has 0 heterocycles. The van der Waals surface area contributed by atoms with Crippen LogP contribution >= 0.6 is 0 Å². The van der Waals surface area contributed by atoms with Gasteiger partial charge in [0, 0.05) is 22.7 Å². The Morgan fingerprint density at radius 2 is 0.515 bits per heavy atom. The van der Waals surface area contributed by atoms with Gasteiger partial charge in [-0.15, -0.1) is 0 Å². The predicted octanol–water partition coefficient (Wildman–Crippen LogP) is 4.38. The van der Waals surface area contributed by atoms with Crippen molar-refractivity contribution in [2.45, 2.75) is 0 Å². The van der Waals surface area contributed by atoms with Crippen LogP contribution in [0.15, 0.2) is 97.1 Å². The maximum atomic E-state index is 8.74. The molecule has 8 nitrogen and oxygen atoms in total. The molecule has 0 radical (unpaired) electrons. The molecule has 0 bridgehead atoms. The minimum atomic E-state index is -4.67. The second kappa shape index (κ2) is 11.5. The summed E-state index contributed by atoms with van der Waals surface area (Å²) in [6.07, 6.45) is 0. The summed E-state index contributed by atoms with van der Waals surface area (Å²) in [5.41, 5.74) is 30.2. The zero-order valence-corrected chi connectivity index (χ0v) is 18.5. The van der Waals surface area contributed by atoms with Gasteiger partial charge < -0.3 is 22.9 Å². The molecule has 0 unspecified atom stereocenters. The number of nitrogen functional groups attached to an aromatic ring is 4. The van der Waals surface area contributed by atoms with Gasteiger partial charge in [-0.2, -0.15) is 8.42 Å². The first-order valence-corrected chi connectivity index (χ1v) is 11.0. The van der Waals surface area contributed by atoms with Gasteiger partial charge in [-0.05, 0) is 70.8 Å². The van der Waals surface area contributed by atoms with Gasteiger partial charge >= 0.3 is 10.4 Å². The van der Waals surface area contributed by atoms with Crippen LogP contribution in [-0.4, -0.2) is 17.5 Å². The van der Waals surface area contributed by atoms with Gasteiger partial charge in [0.2, 0.25) is 0 Å². The van der Waals surface area contributed by atoms with E-state index in [2.05, 4.69) is 0 Å². The second-order valence-corrected chi connectivity index (χ2v) is 7.83. The zero-order valence-electron chi connectivity index (χ0n) is 17.7. The lowest BCUT2D eigenvalue weighted by Gasteiger charge is -2.02. The van der Waals surface area contributed by atoms with Gasteiger partial charge in [0.05, 0.1) is 0 Å². The van der Waals surface area contributed by atoms with Gasteiger partial charge in [-0.25, -0.2) is 0 Å². The van der Waals surface area contributed by atoms with E-state index in [0.717, 1.165) is 45.0 Å². The Labute approximate surface area is 193 Å². The van der Waals surface area contributed by atoms with Crippen molar-refractivity contribution in [3.63, 3.8) is 0 Å². The molecule has 10 N–H and O–H groups in total. The van der Waals surface area contributed by atoms with Crippen LogP contribution in [0.5, 0.6) is 0 Å². The minimum absolute atomic E-state index is 0.782. The number of hydrogen-bond donors (Lipinski definition) is 6. The van der Waals surface area contributed by atoms with E-state index in [4.69, 9.17) is 40.5 Å². The van der Waals surface area contributed by atoms with Crippen molar-refractivity contribution in [2.24, 2.45) is 0 Å². The average molecular weight is 467 g/mol. The number of nitrogens with two attached hydrogens (primary N) is 4. The lowest BCUT2D eigenvalue weighted by atomic mass is 10.1. The normalized spacial score (nSPS) is 10.2. The first-order valence-electron chi connectivity index (χ1n) is 9.64. The van der Waals surface area contributed by atoms with Crippen molar-refractivity contribution in [3.05, 3.63) is 97.1 Å². The van der Waals surface area contributed by atoms with Gasteiger partial charge in [-0.3, -0.25) is 9.11 Å².